The van der Waals surface area contributed by atoms with Crippen LogP contribution in [0.5, 0.6) is 0 Å². The molecule has 3 nitrogen and oxygen atoms in total. The van der Waals surface area contributed by atoms with Crippen molar-refractivity contribution in [1.29, 1.82) is 0 Å². The Morgan fingerprint density at radius 3 is 2.39 bits per heavy atom. The largest absolute Gasteiger partial charge is 0.338 e. The predicted molar refractivity (Wildman–Crippen MR) is 88.4 cm³/mol. The number of halogens is 1. The van der Waals surface area contributed by atoms with E-state index in [2.05, 4.69) is 0 Å². The molecule has 0 aliphatic carbocycles. The Kier molecular flexibility index (Phi) is 4.72. The number of amides is 1. The van der Waals surface area contributed by atoms with E-state index in [0.717, 1.165) is 37.1 Å². The Labute approximate surface area is 135 Å². The zero-order valence-corrected chi connectivity index (χ0v) is 13.0. The minimum atomic E-state index is -0.210. The molecule has 3 rings (SSSR count). The van der Waals surface area contributed by atoms with Crippen LogP contribution in [0.2, 0.25) is 0 Å². The van der Waals surface area contributed by atoms with E-state index in [0.29, 0.717) is 18.0 Å². The summed E-state index contributed by atoms with van der Waals surface area (Å²) in [5, 5.41) is 0. The molecule has 1 unspecified atom stereocenters. The van der Waals surface area contributed by atoms with Crippen LogP contribution in [0.25, 0.3) is 0 Å². The lowest BCUT2D eigenvalue weighted by atomic mass is 9.99. The average Bonchev–Trinajstić information content (AvgIpc) is 3.05. The van der Waals surface area contributed by atoms with Gasteiger partial charge in [-0.1, -0.05) is 24.3 Å². The van der Waals surface area contributed by atoms with Gasteiger partial charge in [-0.25, -0.2) is 4.39 Å². The fourth-order valence-corrected chi connectivity index (χ4v) is 3.10. The fraction of sp³-hybridized carbons (Fsp3) is 0.316. The number of hydrogen-bond donors (Lipinski definition) is 1. The number of hydrogen-bond acceptors (Lipinski definition) is 2. The zero-order valence-electron chi connectivity index (χ0n) is 13.0. The molecule has 1 atom stereocenters. The molecule has 0 radical (unpaired) electrons. The van der Waals surface area contributed by atoms with Crippen LogP contribution in [0.1, 0.15) is 27.9 Å². The van der Waals surface area contributed by atoms with Gasteiger partial charge in [-0.3, -0.25) is 4.79 Å². The second-order valence-corrected chi connectivity index (χ2v) is 6.14. The Morgan fingerprint density at radius 1 is 1.09 bits per heavy atom. The molecule has 0 saturated carbocycles. The lowest BCUT2D eigenvalue weighted by Gasteiger charge is -2.17. The number of nitrogens with two attached hydrogens (primary N) is 1. The molecule has 1 aliphatic rings. The van der Waals surface area contributed by atoms with E-state index in [1.54, 1.807) is 0 Å². The van der Waals surface area contributed by atoms with Gasteiger partial charge in [-0.2, -0.15) is 0 Å². The monoisotopic (exact) mass is 312 g/mol. The lowest BCUT2D eigenvalue weighted by molar-refractivity contribution is 0.0787. The van der Waals surface area contributed by atoms with E-state index in [1.807, 2.05) is 41.3 Å². The normalized spacial score (nSPS) is 17.5. The first-order chi connectivity index (χ1) is 11.2. The molecule has 1 fully saturated rings. The van der Waals surface area contributed by atoms with Gasteiger partial charge in [0, 0.05) is 25.2 Å². The number of carbonyl (C=O) groups is 1. The standard InChI is InChI=1S/C19H21FN2O/c20-18-7-3-14(4-8-18)11-16-9-10-22(13-16)19(23)17-5-1-15(12-21)2-6-17/h1-8,16H,9-13,21H2. The molecule has 0 spiro atoms. The first kappa shape index (κ1) is 15.7. The molecule has 4 heteroatoms. The van der Waals surface area contributed by atoms with Crippen LogP contribution in [0.15, 0.2) is 48.5 Å². The van der Waals surface area contributed by atoms with E-state index in [1.165, 1.54) is 12.1 Å². The second-order valence-electron chi connectivity index (χ2n) is 6.14. The molecule has 1 amide bonds. The molecule has 1 saturated heterocycles. The maximum absolute atomic E-state index is 12.9. The summed E-state index contributed by atoms with van der Waals surface area (Å²) in [6.07, 6.45) is 1.88. The topological polar surface area (TPSA) is 46.3 Å². The summed E-state index contributed by atoms with van der Waals surface area (Å²) < 4.78 is 12.9. The molecule has 1 heterocycles. The Morgan fingerprint density at radius 2 is 1.74 bits per heavy atom. The fourth-order valence-electron chi connectivity index (χ4n) is 3.10. The highest BCUT2D eigenvalue weighted by Gasteiger charge is 2.26. The van der Waals surface area contributed by atoms with Gasteiger partial charge in [0.1, 0.15) is 5.82 Å². The van der Waals surface area contributed by atoms with Crippen molar-refractivity contribution in [2.75, 3.05) is 13.1 Å². The Hall–Kier alpha value is -2.20. The summed E-state index contributed by atoms with van der Waals surface area (Å²) >= 11 is 0. The zero-order chi connectivity index (χ0) is 16.2. The van der Waals surface area contributed by atoms with Gasteiger partial charge in [0.2, 0.25) is 0 Å². The predicted octanol–water partition coefficient (Wildman–Crippen LogP) is 2.99. The molecule has 23 heavy (non-hydrogen) atoms. The summed E-state index contributed by atoms with van der Waals surface area (Å²) in [7, 11) is 0. The minimum absolute atomic E-state index is 0.0789. The van der Waals surface area contributed by atoms with E-state index < -0.39 is 0 Å². The van der Waals surface area contributed by atoms with Crippen LogP contribution in [0.3, 0.4) is 0 Å². The van der Waals surface area contributed by atoms with Crippen molar-refractivity contribution in [3.05, 3.63) is 71.0 Å². The molecule has 2 aromatic carbocycles. The smallest absolute Gasteiger partial charge is 0.253 e. The van der Waals surface area contributed by atoms with Crippen molar-refractivity contribution in [2.45, 2.75) is 19.4 Å². The van der Waals surface area contributed by atoms with E-state index >= 15 is 0 Å². The van der Waals surface area contributed by atoms with E-state index in [9.17, 15) is 9.18 Å². The van der Waals surface area contributed by atoms with Gasteiger partial charge in [0.05, 0.1) is 0 Å². The summed E-state index contributed by atoms with van der Waals surface area (Å²) in [6.45, 7) is 2.02. The summed E-state index contributed by atoms with van der Waals surface area (Å²) in [6, 6.07) is 14.1. The second kappa shape index (κ2) is 6.92. The van der Waals surface area contributed by atoms with Gasteiger partial charge < -0.3 is 10.6 Å². The lowest BCUT2D eigenvalue weighted by Crippen LogP contribution is -2.28. The molecule has 1 aliphatic heterocycles. The SMILES string of the molecule is NCc1ccc(C(=O)N2CCC(Cc3ccc(F)cc3)C2)cc1. The van der Waals surface area contributed by atoms with Gasteiger partial charge in [-0.05, 0) is 54.2 Å². The molecule has 2 N–H and O–H groups in total. The van der Waals surface area contributed by atoms with Crippen molar-refractivity contribution in [3.8, 4) is 0 Å². The van der Waals surface area contributed by atoms with Gasteiger partial charge in [0.15, 0.2) is 0 Å². The maximum Gasteiger partial charge on any atom is 0.253 e. The highest BCUT2D eigenvalue weighted by molar-refractivity contribution is 5.94. The van der Waals surface area contributed by atoms with Crippen molar-refractivity contribution >= 4 is 5.91 Å². The van der Waals surface area contributed by atoms with Crippen LogP contribution in [0, 0.1) is 11.7 Å². The third-order valence-electron chi connectivity index (χ3n) is 4.45. The van der Waals surface area contributed by atoms with Gasteiger partial charge in [-0.15, -0.1) is 0 Å². The van der Waals surface area contributed by atoms with Crippen LogP contribution < -0.4 is 5.73 Å². The number of nitrogens with zero attached hydrogens (tertiary/aromatic N) is 1. The molecule has 0 bridgehead atoms. The number of benzene rings is 2. The van der Waals surface area contributed by atoms with Crippen LogP contribution >= 0.6 is 0 Å². The highest BCUT2D eigenvalue weighted by Crippen LogP contribution is 2.22. The van der Waals surface area contributed by atoms with E-state index in [-0.39, 0.29) is 11.7 Å². The first-order valence-corrected chi connectivity index (χ1v) is 7.98. The summed E-state index contributed by atoms with van der Waals surface area (Å²) in [5.74, 6) is 0.306. The number of rotatable bonds is 4. The Bertz CT molecular complexity index is 667. The quantitative estimate of drug-likeness (QED) is 0.943. The number of likely N-dealkylation sites (tertiary alicyclic amines) is 1. The van der Waals surface area contributed by atoms with Crippen molar-refractivity contribution in [1.82, 2.24) is 4.90 Å². The summed E-state index contributed by atoms with van der Waals surface area (Å²) in [5.41, 5.74) is 8.44. The van der Waals surface area contributed by atoms with Gasteiger partial charge in [0.25, 0.3) is 5.91 Å². The summed E-state index contributed by atoms with van der Waals surface area (Å²) in [4.78, 5) is 14.4. The molecular weight excluding hydrogens is 291 g/mol. The molecule has 0 aromatic heterocycles. The Balaban J connectivity index is 1.60. The van der Waals surface area contributed by atoms with Crippen molar-refractivity contribution in [2.24, 2.45) is 11.7 Å². The highest BCUT2D eigenvalue weighted by atomic mass is 19.1. The maximum atomic E-state index is 12.9. The third kappa shape index (κ3) is 3.77. The molecular formula is C19H21FN2O. The average molecular weight is 312 g/mol. The first-order valence-electron chi connectivity index (χ1n) is 7.98. The molecule has 2 aromatic rings. The third-order valence-corrected chi connectivity index (χ3v) is 4.45. The van der Waals surface area contributed by atoms with E-state index in [4.69, 9.17) is 5.73 Å². The van der Waals surface area contributed by atoms with Crippen LogP contribution in [-0.2, 0) is 13.0 Å². The number of carbonyl (C=O) groups excluding carboxylic acids is 1. The minimum Gasteiger partial charge on any atom is -0.338 e. The molecule has 120 valence electrons. The van der Waals surface area contributed by atoms with Crippen molar-refractivity contribution < 1.29 is 9.18 Å². The van der Waals surface area contributed by atoms with Crippen LogP contribution in [-0.4, -0.2) is 23.9 Å². The van der Waals surface area contributed by atoms with Gasteiger partial charge >= 0.3 is 0 Å². The van der Waals surface area contributed by atoms with Crippen LogP contribution in [0.4, 0.5) is 4.39 Å². The van der Waals surface area contributed by atoms with Crippen molar-refractivity contribution in [3.63, 3.8) is 0 Å².